The summed E-state index contributed by atoms with van der Waals surface area (Å²) in [5.41, 5.74) is 5.80. The molecule has 0 unspecified atom stereocenters. The lowest BCUT2D eigenvalue weighted by Gasteiger charge is -2.35. The normalized spacial score (nSPS) is 15.2. The fourth-order valence-electron chi connectivity index (χ4n) is 3.91. The number of rotatable bonds is 4. The van der Waals surface area contributed by atoms with Crippen molar-refractivity contribution in [2.24, 2.45) is 7.05 Å². The van der Waals surface area contributed by atoms with Gasteiger partial charge in [0.1, 0.15) is 0 Å². The third-order valence-corrected chi connectivity index (χ3v) is 5.52. The molecule has 7 heteroatoms. The number of pyridine rings is 1. The van der Waals surface area contributed by atoms with Gasteiger partial charge in [0.15, 0.2) is 0 Å². The molecule has 0 saturated carbocycles. The van der Waals surface area contributed by atoms with Crippen LogP contribution in [0.4, 0.5) is 5.69 Å². The standard InChI is InChI=1S/C21H26N6O/c1-16-11-18(17(2)27(16)19-5-4-6-22-13-19)15-25-7-9-26(10-8-25)20-12-21(28)24(3)23-14-20/h4-6,11-14H,7-10,15H2,1-3H3. The summed E-state index contributed by atoms with van der Waals surface area (Å²) >= 11 is 0. The Bertz CT molecular complexity index is 1020. The van der Waals surface area contributed by atoms with Gasteiger partial charge in [0.2, 0.25) is 0 Å². The van der Waals surface area contributed by atoms with E-state index in [0.29, 0.717) is 0 Å². The SMILES string of the molecule is Cc1cc(CN2CCN(c3cnn(C)c(=O)c3)CC2)c(C)n1-c1cccnc1. The van der Waals surface area contributed by atoms with Crippen molar-refractivity contribution in [3.05, 3.63) is 70.2 Å². The van der Waals surface area contributed by atoms with Crippen molar-refractivity contribution in [2.45, 2.75) is 20.4 Å². The average Bonchev–Trinajstić information content (AvgIpc) is 2.98. The number of aromatic nitrogens is 4. The fourth-order valence-corrected chi connectivity index (χ4v) is 3.91. The number of hydrogen-bond acceptors (Lipinski definition) is 5. The zero-order valence-electron chi connectivity index (χ0n) is 16.7. The molecule has 3 aromatic rings. The monoisotopic (exact) mass is 378 g/mol. The fraction of sp³-hybridized carbons (Fsp3) is 0.381. The van der Waals surface area contributed by atoms with Crippen LogP contribution in [0, 0.1) is 13.8 Å². The lowest BCUT2D eigenvalue weighted by Crippen LogP contribution is -2.46. The highest BCUT2D eigenvalue weighted by Crippen LogP contribution is 2.22. The molecule has 146 valence electrons. The van der Waals surface area contributed by atoms with Crippen LogP contribution in [-0.4, -0.2) is 50.4 Å². The average molecular weight is 378 g/mol. The maximum absolute atomic E-state index is 11.8. The minimum Gasteiger partial charge on any atom is -0.368 e. The minimum absolute atomic E-state index is 0.0669. The molecule has 28 heavy (non-hydrogen) atoms. The van der Waals surface area contributed by atoms with Gasteiger partial charge in [-0.2, -0.15) is 5.10 Å². The number of aryl methyl sites for hydroxylation is 2. The number of piperazine rings is 1. The minimum atomic E-state index is -0.0669. The lowest BCUT2D eigenvalue weighted by molar-refractivity contribution is 0.249. The van der Waals surface area contributed by atoms with Crippen molar-refractivity contribution in [2.75, 3.05) is 31.1 Å². The predicted octanol–water partition coefficient (Wildman–Crippen LogP) is 1.91. The summed E-state index contributed by atoms with van der Waals surface area (Å²) in [5.74, 6) is 0. The Morgan fingerprint density at radius 1 is 1.04 bits per heavy atom. The second-order valence-corrected chi connectivity index (χ2v) is 7.38. The lowest BCUT2D eigenvalue weighted by atomic mass is 10.2. The molecule has 7 nitrogen and oxygen atoms in total. The van der Waals surface area contributed by atoms with Gasteiger partial charge in [-0.3, -0.25) is 14.7 Å². The highest BCUT2D eigenvalue weighted by atomic mass is 16.1. The first kappa shape index (κ1) is 18.4. The van der Waals surface area contributed by atoms with Crippen molar-refractivity contribution >= 4 is 5.69 Å². The topological polar surface area (TPSA) is 59.2 Å². The van der Waals surface area contributed by atoms with Crippen molar-refractivity contribution < 1.29 is 0 Å². The van der Waals surface area contributed by atoms with Gasteiger partial charge < -0.3 is 9.47 Å². The highest BCUT2D eigenvalue weighted by molar-refractivity contribution is 5.43. The van der Waals surface area contributed by atoms with E-state index in [1.807, 2.05) is 12.3 Å². The zero-order valence-corrected chi connectivity index (χ0v) is 16.7. The van der Waals surface area contributed by atoms with E-state index in [4.69, 9.17) is 0 Å². The van der Waals surface area contributed by atoms with E-state index in [0.717, 1.165) is 44.1 Å². The van der Waals surface area contributed by atoms with E-state index in [2.05, 4.69) is 50.4 Å². The summed E-state index contributed by atoms with van der Waals surface area (Å²) < 4.78 is 3.63. The van der Waals surface area contributed by atoms with Crippen LogP contribution in [-0.2, 0) is 13.6 Å². The largest absolute Gasteiger partial charge is 0.368 e. The van der Waals surface area contributed by atoms with E-state index in [1.54, 1.807) is 25.5 Å². The molecule has 3 aromatic heterocycles. The number of hydrogen-bond donors (Lipinski definition) is 0. The first-order chi connectivity index (χ1) is 13.5. The predicted molar refractivity (Wildman–Crippen MR) is 110 cm³/mol. The van der Waals surface area contributed by atoms with Crippen molar-refractivity contribution in [1.82, 2.24) is 24.2 Å². The molecule has 0 amide bonds. The molecule has 1 saturated heterocycles. The molecule has 4 heterocycles. The van der Waals surface area contributed by atoms with Crippen molar-refractivity contribution in [3.8, 4) is 5.69 Å². The van der Waals surface area contributed by atoms with Crippen LogP contribution >= 0.6 is 0 Å². The Morgan fingerprint density at radius 3 is 2.50 bits per heavy atom. The van der Waals surface area contributed by atoms with Crippen molar-refractivity contribution in [3.63, 3.8) is 0 Å². The zero-order chi connectivity index (χ0) is 19.7. The Balaban J connectivity index is 1.44. The molecular weight excluding hydrogens is 352 g/mol. The van der Waals surface area contributed by atoms with Gasteiger partial charge in [-0.05, 0) is 37.6 Å². The maximum atomic E-state index is 11.8. The van der Waals surface area contributed by atoms with Crippen LogP contribution in [0.5, 0.6) is 0 Å². The second-order valence-electron chi connectivity index (χ2n) is 7.38. The van der Waals surface area contributed by atoms with Crippen LogP contribution < -0.4 is 10.5 Å². The Labute approximate surface area is 164 Å². The first-order valence-corrected chi connectivity index (χ1v) is 9.62. The molecule has 0 radical (unpaired) electrons. The number of anilines is 1. The third-order valence-electron chi connectivity index (χ3n) is 5.52. The smallest absolute Gasteiger partial charge is 0.268 e. The molecule has 0 aliphatic carbocycles. The summed E-state index contributed by atoms with van der Waals surface area (Å²) in [7, 11) is 1.67. The summed E-state index contributed by atoms with van der Waals surface area (Å²) in [4.78, 5) is 20.8. The van der Waals surface area contributed by atoms with Gasteiger partial charge in [0.05, 0.1) is 23.8 Å². The highest BCUT2D eigenvalue weighted by Gasteiger charge is 2.20. The molecule has 4 rings (SSSR count). The van der Waals surface area contributed by atoms with Crippen LogP contribution in [0.2, 0.25) is 0 Å². The first-order valence-electron chi connectivity index (χ1n) is 9.62. The maximum Gasteiger partial charge on any atom is 0.268 e. The summed E-state index contributed by atoms with van der Waals surface area (Å²) in [6.07, 6.45) is 5.48. The van der Waals surface area contributed by atoms with Crippen LogP contribution in [0.25, 0.3) is 5.69 Å². The van der Waals surface area contributed by atoms with Gasteiger partial charge in [0.25, 0.3) is 5.56 Å². The quantitative estimate of drug-likeness (QED) is 0.694. The van der Waals surface area contributed by atoms with Gasteiger partial charge in [-0.25, -0.2) is 4.68 Å². The van der Waals surface area contributed by atoms with Gasteiger partial charge in [-0.1, -0.05) is 0 Å². The molecule has 0 atom stereocenters. The Morgan fingerprint density at radius 2 is 1.82 bits per heavy atom. The Hall–Kier alpha value is -2.93. The summed E-state index contributed by atoms with van der Waals surface area (Å²) in [6, 6.07) is 8.01. The van der Waals surface area contributed by atoms with Crippen LogP contribution in [0.15, 0.2) is 47.7 Å². The molecule has 0 N–H and O–H groups in total. The number of nitrogens with zero attached hydrogens (tertiary/aromatic N) is 6. The molecule has 0 bridgehead atoms. The molecule has 1 fully saturated rings. The van der Waals surface area contributed by atoms with Crippen LogP contribution in [0.1, 0.15) is 17.0 Å². The molecule has 0 aromatic carbocycles. The van der Waals surface area contributed by atoms with E-state index >= 15 is 0 Å². The molecule has 1 aliphatic rings. The van der Waals surface area contributed by atoms with E-state index < -0.39 is 0 Å². The summed E-state index contributed by atoms with van der Waals surface area (Å²) in [5, 5.41) is 4.13. The van der Waals surface area contributed by atoms with Gasteiger partial charge in [0, 0.05) is 63.4 Å². The van der Waals surface area contributed by atoms with Crippen LogP contribution in [0.3, 0.4) is 0 Å². The molecule has 0 spiro atoms. The molecule has 1 aliphatic heterocycles. The third kappa shape index (κ3) is 3.57. The summed E-state index contributed by atoms with van der Waals surface area (Å²) in [6.45, 7) is 8.98. The molecular formula is C21H26N6O. The van der Waals surface area contributed by atoms with Gasteiger partial charge >= 0.3 is 0 Å². The Kier molecular flexibility index (Phi) is 5.00. The van der Waals surface area contributed by atoms with E-state index in [1.165, 1.54) is 21.6 Å². The second kappa shape index (κ2) is 7.59. The van der Waals surface area contributed by atoms with Crippen molar-refractivity contribution in [1.29, 1.82) is 0 Å². The van der Waals surface area contributed by atoms with E-state index in [-0.39, 0.29) is 5.56 Å². The van der Waals surface area contributed by atoms with Gasteiger partial charge in [-0.15, -0.1) is 0 Å². The van der Waals surface area contributed by atoms with E-state index in [9.17, 15) is 4.79 Å².